The van der Waals surface area contributed by atoms with Gasteiger partial charge in [0.2, 0.25) is 0 Å². The van der Waals surface area contributed by atoms with E-state index in [1.807, 2.05) is 12.4 Å². The van der Waals surface area contributed by atoms with Gasteiger partial charge in [-0.25, -0.2) is 4.98 Å². The lowest BCUT2D eigenvalue weighted by molar-refractivity contribution is 0.00652. The number of fused-ring (bicyclic) bond motifs is 1. The van der Waals surface area contributed by atoms with Gasteiger partial charge in [0.25, 0.3) is 0 Å². The second kappa shape index (κ2) is 4.18. The normalized spacial score (nSPS) is 31.3. The first-order valence-corrected chi connectivity index (χ1v) is 6.27. The van der Waals surface area contributed by atoms with E-state index in [0.717, 1.165) is 38.3 Å². The second-order valence-corrected chi connectivity index (χ2v) is 4.93. The standard InChI is InChI=1S/C12H19N3O/c16-11-4-2-1-3-10(11)15-8-7-14-6-5-13-12(14)9-15/h5-6,10-11,16H,1-4,7-9H2/t10-,11-/m1/s1. The Bertz CT molecular complexity index is 363. The maximum atomic E-state index is 10.1. The molecule has 0 aromatic carbocycles. The maximum absolute atomic E-state index is 10.1. The number of aliphatic hydroxyl groups is 1. The van der Waals surface area contributed by atoms with Gasteiger partial charge in [0.15, 0.2) is 0 Å². The molecule has 0 amide bonds. The predicted molar refractivity (Wildman–Crippen MR) is 60.9 cm³/mol. The van der Waals surface area contributed by atoms with Gasteiger partial charge in [-0.3, -0.25) is 4.90 Å². The Kier molecular flexibility index (Phi) is 2.69. The van der Waals surface area contributed by atoms with Crippen molar-refractivity contribution in [3.05, 3.63) is 18.2 Å². The van der Waals surface area contributed by atoms with Gasteiger partial charge in [-0.1, -0.05) is 12.8 Å². The molecule has 1 aromatic heterocycles. The molecule has 1 saturated carbocycles. The lowest BCUT2D eigenvalue weighted by Crippen LogP contribution is -2.48. The zero-order valence-corrected chi connectivity index (χ0v) is 9.55. The monoisotopic (exact) mass is 221 g/mol. The molecule has 1 aliphatic carbocycles. The molecule has 1 aromatic rings. The molecule has 16 heavy (non-hydrogen) atoms. The average Bonchev–Trinajstić information content (AvgIpc) is 2.76. The van der Waals surface area contributed by atoms with Crippen molar-refractivity contribution < 1.29 is 5.11 Å². The third-order valence-electron chi connectivity index (χ3n) is 3.94. The number of aliphatic hydroxyl groups excluding tert-OH is 1. The summed E-state index contributed by atoms with van der Waals surface area (Å²) in [6, 6.07) is 0.360. The van der Waals surface area contributed by atoms with E-state index >= 15 is 0 Å². The van der Waals surface area contributed by atoms with Gasteiger partial charge >= 0.3 is 0 Å². The van der Waals surface area contributed by atoms with Gasteiger partial charge in [-0.15, -0.1) is 0 Å². The van der Waals surface area contributed by atoms with E-state index in [2.05, 4.69) is 14.5 Å². The minimum atomic E-state index is -0.129. The Morgan fingerprint density at radius 2 is 2.12 bits per heavy atom. The molecule has 0 saturated heterocycles. The number of aromatic nitrogens is 2. The van der Waals surface area contributed by atoms with Crippen molar-refractivity contribution in [3.8, 4) is 0 Å². The number of nitrogens with zero attached hydrogens (tertiary/aromatic N) is 3. The second-order valence-electron chi connectivity index (χ2n) is 4.93. The molecule has 1 aliphatic heterocycles. The minimum Gasteiger partial charge on any atom is -0.391 e. The molecule has 1 fully saturated rings. The Morgan fingerprint density at radius 3 is 3.00 bits per heavy atom. The van der Waals surface area contributed by atoms with Crippen molar-refractivity contribution in [2.75, 3.05) is 6.54 Å². The molecular formula is C12H19N3O. The number of imidazole rings is 1. The summed E-state index contributed by atoms with van der Waals surface area (Å²) in [4.78, 5) is 6.78. The maximum Gasteiger partial charge on any atom is 0.122 e. The zero-order valence-electron chi connectivity index (χ0n) is 9.55. The van der Waals surface area contributed by atoms with Crippen LogP contribution in [-0.2, 0) is 13.1 Å². The van der Waals surface area contributed by atoms with Crippen LogP contribution < -0.4 is 0 Å². The molecule has 2 heterocycles. The third kappa shape index (κ3) is 1.76. The molecule has 0 radical (unpaired) electrons. The molecule has 0 spiro atoms. The molecule has 3 rings (SSSR count). The summed E-state index contributed by atoms with van der Waals surface area (Å²) in [7, 11) is 0. The van der Waals surface area contributed by atoms with Crippen molar-refractivity contribution in [1.82, 2.24) is 14.5 Å². The predicted octanol–water partition coefficient (Wildman–Crippen LogP) is 1.00. The van der Waals surface area contributed by atoms with Crippen molar-refractivity contribution in [3.63, 3.8) is 0 Å². The topological polar surface area (TPSA) is 41.3 Å². The fourth-order valence-corrected chi connectivity index (χ4v) is 2.99. The van der Waals surface area contributed by atoms with Gasteiger partial charge < -0.3 is 9.67 Å². The van der Waals surface area contributed by atoms with Crippen molar-refractivity contribution in [1.29, 1.82) is 0 Å². The van der Waals surface area contributed by atoms with Gasteiger partial charge in [-0.05, 0) is 12.8 Å². The summed E-state index contributed by atoms with van der Waals surface area (Å²) in [6.07, 6.45) is 8.33. The van der Waals surface area contributed by atoms with Crippen LogP contribution in [0.25, 0.3) is 0 Å². The van der Waals surface area contributed by atoms with Gasteiger partial charge in [-0.2, -0.15) is 0 Å². The Morgan fingerprint density at radius 1 is 1.25 bits per heavy atom. The highest BCUT2D eigenvalue weighted by Crippen LogP contribution is 2.25. The van der Waals surface area contributed by atoms with E-state index in [4.69, 9.17) is 0 Å². The van der Waals surface area contributed by atoms with Gasteiger partial charge in [0.1, 0.15) is 5.82 Å². The van der Waals surface area contributed by atoms with E-state index in [-0.39, 0.29) is 6.10 Å². The summed E-state index contributed by atoms with van der Waals surface area (Å²) in [5, 5.41) is 10.1. The molecule has 0 unspecified atom stereocenters. The van der Waals surface area contributed by atoms with Crippen LogP contribution in [0.1, 0.15) is 31.5 Å². The lowest BCUT2D eigenvalue weighted by atomic mass is 9.91. The highest BCUT2D eigenvalue weighted by molar-refractivity contribution is 4.97. The number of hydrogen-bond donors (Lipinski definition) is 1. The van der Waals surface area contributed by atoms with Crippen LogP contribution in [0, 0.1) is 0 Å². The molecular weight excluding hydrogens is 202 g/mol. The van der Waals surface area contributed by atoms with Crippen LogP contribution in [0.5, 0.6) is 0 Å². The smallest absolute Gasteiger partial charge is 0.122 e. The zero-order chi connectivity index (χ0) is 11.0. The fraction of sp³-hybridized carbons (Fsp3) is 0.750. The molecule has 2 atom stereocenters. The number of hydrogen-bond acceptors (Lipinski definition) is 3. The van der Waals surface area contributed by atoms with E-state index in [0.29, 0.717) is 6.04 Å². The quantitative estimate of drug-likeness (QED) is 0.769. The van der Waals surface area contributed by atoms with Crippen LogP contribution in [0.2, 0.25) is 0 Å². The van der Waals surface area contributed by atoms with Crippen LogP contribution in [0.3, 0.4) is 0 Å². The summed E-state index contributed by atoms with van der Waals surface area (Å²) in [5.74, 6) is 1.14. The highest BCUT2D eigenvalue weighted by Gasteiger charge is 2.30. The summed E-state index contributed by atoms with van der Waals surface area (Å²) >= 11 is 0. The lowest BCUT2D eigenvalue weighted by Gasteiger charge is -2.39. The van der Waals surface area contributed by atoms with Gasteiger partial charge in [0, 0.05) is 31.5 Å². The summed E-state index contributed by atoms with van der Waals surface area (Å²) in [6.45, 7) is 2.96. The average molecular weight is 221 g/mol. The Labute approximate surface area is 95.9 Å². The highest BCUT2D eigenvalue weighted by atomic mass is 16.3. The van der Waals surface area contributed by atoms with Crippen molar-refractivity contribution in [2.24, 2.45) is 0 Å². The van der Waals surface area contributed by atoms with E-state index in [1.54, 1.807) is 0 Å². The van der Waals surface area contributed by atoms with Crippen LogP contribution >= 0.6 is 0 Å². The van der Waals surface area contributed by atoms with Crippen molar-refractivity contribution in [2.45, 2.75) is 50.9 Å². The van der Waals surface area contributed by atoms with E-state index < -0.39 is 0 Å². The molecule has 4 nitrogen and oxygen atoms in total. The van der Waals surface area contributed by atoms with E-state index in [1.165, 1.54) is 12.8 Å². The largest absolute Gasteiger partial charge is 0.391 e. The van der Waals surface area contributed by atoms with Crippen LogP contribution in [0.15, 0.2) is 12.4 Å². The molecule has 4 heteroatoms. The summed E-state index contributed by atoms with van der Waals surface area (Å²) in [5.41, 5.74) is 0. The van der Waals surface area contributed by atoms with E-state index in [9.17, 15) is 5.11 Å². The first-order valence-electron chi connectivity index (χ1n) is 6.27. The third-order valence-corrected chi connectivity index (χ3v) is 3.94. The SMILES string of the molecule is O[C@@H]1CCCC[C@H]1N1CCn2ccnc2C1. The minimum absolute atomic E-state index is 0.129. The number of rotatable bonds is 1. The molecule has 1 N–H and O–H groups in total. The van der Waals surface area contributed by atoms with Crippen LogP contribution in [0.4, 0.5) is 0 Å². The molecule has 88 valence electrons. The molecule has 2 aliphatic rings. The first-order chi connectivity index (χ1) is 7.84. The van der Waals surface area contributed by atoms with Gasteiger partial charge in [0.05, 0.1) is 12.6 Å². The summed E-state index contributed by atoms with van der Waals surface area (Å²) < 4.78 is 2.21. The van der Waals surface area contributed by atoms with Crippen molar-refractivity contribution >= 4 is 0 Å². The Balaban J connectivity index is 1.72. The Hall–Kier alpha value is -0.870. The first kappa shape index (κ1) is 10.3. The fourth-order valence-electron chi connectivity index (χ4n) is 2.99. The molecule has 0 bridgehead atoms. The van der Waals surface area contributed by atoms with Crippen LogP contribution in [-0.4, -0.2) is 38.2 Å².